The average Bonchev–Trinajstić information content (AvgIpc) is 2.28. The predicted molar refractivity (Wildman–Crippen MR) is 64.2 cm³/mol. The van der Waals surface area contributed by atoms with E-state index in [2.05, 4.69) is 24.2 Å². The quantitative estimate of drug-likeness (QED) is 0.725. The summed E-state index contributed by atoms with van der Waals surface area (Å²) in [7, 11) is 2.14. The number of likely N-dealkylation sites (tertiary alicyclic amines) is 1. The third-order valence-corrected chi connectivity index (χ3v) is 3.47. The van der Waals surface area contributed by atoms with Gasteiger partial charge >= 0.3 is 0 Å². The van der Waals surface area contributed by atoms with Crippen LogP contribution in [0.4, 0.5) is 0 Å². The van der Waals surface area contributed by atoms with Crippen LogP contribution >= 0.6 is 0 Å². The zero-order valence-electron chi connectivity index (χ0n) is 10.5. The maximum absolute atomic E-state index is 11.4. The molecule has 0 aliphatic carbocycles. The van der Waals surface area contributed by atoms with Gasteiger partial charge in [-0.1, -0.05) is 6.92 Å². The van der Waals surface area contributed by atoms with Crippen LogP contribution in [-0.4, -0.2) is 49.2 Å². The minimum absolute atomic E-state index is 0.0641. The number of amides is 1. The molecule has 1 fully saturated rings. The lowest BCUT2D eigenvalue weighted by Crippen LogP contribution is -2.43. The molecular weight excluding hydrogens is 204 g/mol. The van der Waals surface area contributed by atoms with Crippen molar-refractivity contribution in [3.8, 4) is 0 Å². The Morgan fingerprint density at radius 2 is 2.06 bits per heavy atom. The molecule has 4 heteroatoms. The molecular formula is C12H24N2O2. The lowest BCUT2D eigenvalue weighted by molar-refractivity contribution is -0.122. The van der Waals surface area contributed by atoms with E-state index in [4.69, 9.17) is 5.11 Å². The minimum atomic E-state index is 0.0641. The van der Waals surface area contributed by atoms with Crippen molar-refractivity contribution in [2.24, 2.45) is 5.41 Å². The summed E-state index contributed by atoms with van der Waals surface area (Å²) in [5.41, 5.74) is 0.251. The first kappa shape index (κ1) is 13.5. The summed E-state index contributed by atoms with van der Waals surface area (Å²) in [5.74, 6) is 0.0641. The van der Waals surface area contributed by atoms with Gasteiger partial charge in [-0.25, -0.2) is 0 Å². The Hall–Kier alpha value is -0.610. The molecule has 94 valence electrons. The molecule has 0 saturated carbocycles. The van der Waals surface area contributed by atoms with Gasteiger partial charge in [0.05, 0.1) is 0 Å². The molecule has 1 amide bonds. The van der Waals surface area contributed by atoms with Gasteiger partial charge in [-0.2, -0.15) is 0 Å². The van der Waals surface area contributed by atoms with Crippen LogP contribution in [-0.2, 0) is 4.79 Å². The summed E-state index contributed by atoms with van der Waals surface area (Å²) >= 11 is 0. The monoisotopic (exact) mass is 228 g/mol. The van der Waals surface area contributed by atoms with E-state index in [1.165, 1.54) is 0 Å². The normalized spacial score (nSPS) is 20.7. The van der Waals surface area contributed by atoms with Gasteiger partial charge in [0.15, 0.2) is 0 Å². The number of aliphatic hydroxyl groups excluding tert-OH is 1. The zero-order chi connectivity index (χ0) is 12.0. The van der Waals surface area contributed by atoms with Gasteiger partial charge in [-0.05, 0) is 44.8 Å². The van der Waals surface area contributed by atoms with Crippen molar-refractivity contribution in [3.63, 3.8) is 0 Å². The van der Waals surface area contributed by atoms with Crippen LogP contribution in [0, 0.1) is 5.41 Å². The van der Waals surface area contributed by atoms with Gasteiger partial charge in [-0.15, -0.1) is 0 Å². The molecule has 2 N–H and O–H groups in total. The van der Waals surface area contributed by atoms with Crippen LogP contribution in [0.3, 0.4) is 0 Å². The topological polar surface area (TPSA) is 52.6 Å². The van der Waals surface area contributed by atoms with Gasteiger partial charge in [0, 0.05) is 19.6 Å². The van der Waals surface area contributed by atoms with E-state index in [1.807, 2.05) is 0 Å². The highest BCUT2D eigenvalue weighted by Crippen LogP contribution is 2.29. The zero-order valence-corrected chi connectivity index (χ0v) is 10.5. The maximum Gasteiger partial charge on any atom is 0.220 e. The van der Waals surface area contributed by atoms with Crippen LogP contribution in [0.25, 0.3) is 0 Å². The largest absolute Gasteiger partial charge is 0.396 e. The fraction of sp³-hybridized carbons (Fsp3) is 0.917. The van der Waals surface area contributed by atoms with E-state index in [1.54, 1.807) is 0 Å². The molecule has 4 nitrogen and oxygen atoms in total. The fourth-order valence-electron chi connectivity index (χ4n) is 1.98. The van der Waals surface area contributed by atoms with Crippen molar-refractivity contribution in [2.45, 2.75) is 32.6 Å². The third kappa shape index (κ3) is 4.49. The molecule has 0 bridgehead atoms. The van der Waals surface area contributed by atoms with Crippen LogP contribution in [0.1, 0.15) is 32.6 Å². The number of rotatable bonds is 5. The second-order valence-corrected chi connectivity index (χ2v) is 5.22. The minimum Gasteiger partial charge on any atom is -0.396 e. The van der Waals surface area contributed by atoms with Gasteiger partial charge in [0.1, 0.15) is 0 Å². The third-order valence-electron chi connectivity index (χ3n) is 3.47. The van der Waals surface area contributed by atoms with Crippen LogP contribution in [0.5, 0.6) is 0 Å². The highest BCUT2D eigenvalue weighted by atomic mass is 16.3. The van der Waals surface area contributed by atoms with Gasteiger partial charge in [-0.3, -0.25) is 4.79 Å². The van der Waals surface area contributed by atoms with Gasteiger partial charge < -0.3 is 15.3 Å². The SMILES string of the molecule is CN1CCC(C)(CNC(=O)CCCO)CC1. The van der Waals surface area contributed by atoms with Crippen molar-refractivity contribution in [1.82, 2.24) is 10.2 Å². The number of piperidine rings is 1. The Labute approximate surface area is 98.0 Å². The fourth-order valence-corrected chi connectivity index (χ4v) is 1.98. The Morgan fingerprint density at radius 1 is 1.44 bits per heavy atom. The molecule has 1 saturated heterocycles. The van der Waals surface area contributed by atoms with E-state index in [0.717, 1.165) is 32.5 Å². The highest BCUT2D eigenvalue weighted by molar-refractivity contribution is 5.75. The van der Waals surface area contributed by atoms with Crippen LogP contribution < -0.4 is 5.32 Å². The van der Waals surface area contributed by atoms with E-state index < -0.39 is 0 Å². The molecule has 1 aliphatic rings. The Balaban J connectivity index is 2.23. The van der Waals surface area contributed by atoms with Crippen molar-refractivity contribution >= 4 is 5.91 Å². The van der Waals surface area contributed by atoms with Crippen LogP contribution in [0.15, 0.2) is 0 Å². The summed E-state index contributed by atoms with van der Waals surface area (Å²) in [6.45, 7) is 5.33. The molecule has 0 unspecified atom stereocenters. The first-order valence-electron chi connectivity index (χ1n) is 6.12. The number of nitrogens with zero attached hydrogens (tertiary/aromatic N) is 1. The molecule has 16 heavy (non-hydrogen) atoms. The standard InChI is InChI=1S/C12H24N2O2/c1-12(5-7-14(2)8-6-12)10-13-11(16)4-3-9-15/h15H,3-10H2,1-2H3,(H,13,16). The average molecular weight is 228 g/mol. The summed E-state index contributed by atoms with van der Waals surface area (Å²) < 4.78 is 0. The number of hydrogen-bond acceptors (Lipinski definition) is 3. The number of nitrogens with one attached hydrogen (secondary N) is 1. The second-order valence-electron chi connectivity index (χ2n) is 5.22. The Morgan fingerprint density at radius 3 is 2.62 bits per heavy atom. The molecule has 0 aromatic carbocycles. The summed E-state index contributed by atoms with van der Waals surface area (Å²) in [6.07, 6.45) is 3.28. The predicted octanol–water partition coefficient (Wildman–Crippen LogP) is 0.607. The highest BCUT2D eigenvalue weighted by Gasteiger charge is 2.28. The van der Waals surface area contributed by atoms with Crippen molar-refractivity contribution < 1.29 is 9.90 Å². The van der Waals surface area contributed by atoms with E-state index >= 15 is 0 Å². The maximum atomic E-state index is 11.4. The van der Waals surface area contributed by atoms with E-state index in [-0.39, 0.29) is 17.9 Å². The smallest absolute Gasteiger partial charge is 0.220 e. The molecule has 1 rings (SSSR count). The number of carbonyl (C=O) groups excluding carboxylic acids is 1. The van der Waals surface area contributed by atoms with Gasteiger partial charge in [0.25, 0.3) is 0 Å². The van der Waals surface area contributed by atoms with Crippen LogP contribution in [0.2, 0.25) is 0 Å². The number of carbonyl (C=O) groups is 1. The van der Waals surface area contributed by atoms with Gasteiger partial charge in [0.2, 0.25) is 5.91 Å². The first-order valence-corrected chi connectivity index (χ1v) is 6.12. The molecule has 0 spiro atoms. The molecule has 1 aliphatic heterocycles. The van der Waals surface area contributed by atoms with E-state index in [0.29, 0.717) is 12.8 Å². The van der Waals surface area contributed by atoms with Crippen molar-refractivity contribution in [1.29, 1.82) is 0 Å². The molecule has 0 atom stereocenters. The summed E-state index contributed by atoms with van der Waals surface area (Å²) in [4.78, 5) is 13.7. The summed E-state index contributed by atoms with van der Waals surface area (Å²) in [5, 5.41) is 11.6. The first-order chi connectivity index (χ1) is 7.56. The van der Waals surface area contributed by atoms with E-state index in [9.17, 15) is 4.79 Å². The summed E-state index contributed by atoms with van der Waals surface area (Å²) in [6, 6.07) is 0. The molecule has 0 radical (unpaired) electrons. The van der Waals surface area contributed by atoms with Crippen molar-refractivity contribution in [2.75, 3.05) is 33.3 Å². The molecule has 0 aromatic rings. The Bertz CT molecular complexity index is 223. The second kappa shape index (κ2) is 6.21. The lowest BCUT2D eigenvalue weighted by Gasteiger charge is -2.37. The molecule has 1 heterocycles. The molecule has 0 aromatic heterocycles. The number of hydrogen-bond donors (Lipinski definition) is 2. The number of aliphatic hydroxyl groups is 1. The Kier molecular flexibility index (Phi) is 5.22. The van der Waals surface area contributed by atoms with Crippen molar-refractivity contribution in [3.05, 3.63) is 0 Å². The lowest BCUT2D eigenvalue weighted by atomic mass is 9.80.